The van der Waals surface area contributed by atoms with Gasteiger partial charge in [0.15, 0.2) is 0 Å². The van der Waals surface area contributed by atoms with E-state index in [-0.39, 0.29) is 5.60 Å². The maximum absolute atomic E-state index is 10.6. The number of fused-ring (bicyclic) bond motifs is 3. The normalized spacial score (nSPS) is 21.9. The van der Waals surface area contributed by atoms with Gasteiger partial charge in [0.2, 0.25) is 6.41 Å². The van der Waals surface area contributed by atoms with E-state index in [0.717, 1.165) is 60.9 Å². The van der Waals surface area contributed by atoms with Crippen LogP contribution in [0.25, 0.3) is 21.8 Å². The summed E-state index contributed by atoms with van der Waals surface area (Å²) in [6.45, 7) is 13.5. The summed E-state index contributed by atoms with van der Waals surface area (Å²) < 4.78 is 11.0. The number of halogens is 1. The predicted molar refractivity (Wildman–Crippen MR) is 148 cm³/mol. The van der Waals surface area contributed by atoms with Crippen molar-refractivity contribution in [2.75, 3.05) is 51.7 Å². The fourth-order valence-corrected chi connectivity index (χ4v) is 5.02. The minimum atomic E-state index is -0.0821. The van der Waals surface area contributed by atoms with Crippen LogP contribution in [0.2, 0.25) is 5.02 Å². The smallest absolute Gasteiger partial charge is 0.211 e. The highest BCUT2D eigenvalue weighted by Crippen LogP contribution is 2.32. The fraction of sp³-hybridized carbons (Fsp3) is 0.519. The molecule has 4 heterocycles. The number of morpholine rings is 2. The number of likely N-dealkylation sites (N-methyl/N-ethyl adjacent to an activating group) is 1. The van der Waals surface area contributed by atoms with Gasteiger partial charge in [0.25, 0.3) is 0 Å². The number of rotatable bonds is 4. The van der Waals surface area contributed by atoms with Crippen LogP contribution >= 0.6 is 11.6 Å². The van der Waals surface area contributed by atoms with E-state index in [2.05, 4.69) is 46.0 Å². The lowest BCUT2D eigenvalue weighted by Gasteiger charge is -2.37. The van der Waals surface area contributed by atoms with E-state index in [1.807, 2.05) is 26.0 Å². The molecule has 1 aromatic carbocycles. The van der Waals surface area contributed by atoms with Crippen molar-refractivity contribution in [3.05, 3.63) is 35.6 Å². The number of anilines is 1. The molecule has 2 unspecified atom stereocenters. The first-order chi connectivity index (χ1) is 17.6. The number of hydrogen-bond acceptors (Lipinski definition) is 7. The van der Waals surface area contributed by atoms with Crippen molar-refractivity contribution in [3.8, 4) is 0 Å². The predicted octanol–water partition coefficient (Wildman–Crippen LogP) is 3.96. The lowest BCUT2D eigenvalue weighted by Crippen LogP contribution is -2.48. The first-order valence-electron chi connectivity index (χ1n) is 12.5. The number of aromatic amines is 1. The van der Waals surface area contributed by atoms with Gasteiger partial charge < -0.3 is 29.5 Å². The van der Waals surface area contributed by atoms with E-state index < -0.39 is 0 Å². The molecular formula is C27H38ClN5O4. The Balaban J connectivity index is 0.000000165. The van der Waals surface area contributed by atoms with Crippen molar-refractivity contribution in [3.63, 3.8) is 0 Å². The van der Waals surface area contributed by atoms with Crippen LogP contribution in [-0.2, 0) is 19.1 Å². The SMILES string of the molecule is CC1(C)CN(CC=O)CCO1.CC1CN(C)CC(C)O1.O=CNc1cc(Cl)cc2c1[nH]c1cnccc12. The number of aldehydes is 1. The highest BCUT2D eigenvalue weighted by molar-refractivity contribution is 6.32. The molecule has 0 saturated carbocycles. The number of amides is 1. The summed E-state index contributed by atoms with van der Waals surface area (Å²) in [5.41, 5.74) is 2.35. The minimum absolute atomic E-state index is 0.0821. The lowest BCUT2D eigenvalue weighted by molar-refractivity contribution is -0.115. The average Bonchev–Trinajstić information content (AvgIpc) is 3.18. The summed E-state index contributed by atoms with van der Waals surface area (Å²) in [5.74, 6) is 0. The topological polar surface area (TPSA) is 99.8 Å². The van der Waals surface area contributed by atoms with Gasteiger partial charge in [-0.1, -0.05) is 11.6 Å². The first-order valence-corrected chi connectivity index (χ1v) is 12.9. The number of hydrogen-bond donors (Lipinski definition) is 2. The molecule has 0 bridgehead atoms. The molecule has 2 aliphatic rings. The first kappa shape index (κ1) is 29.0. The molecule has 202 valence electrons. The molecule has 2 N–H and O–H groups in total. The fourth-order valence-electron chi connectivity index (χ4n) is 4.81. The van der Waals surface area contributed by atoms with E-state index >= 15 is 0 Å². The number of ether oxygens (including phenoxy) is 2. The van der Waals surface area contributed by atoms with Crippen molar-refractivity contribution in [1.82, 2.24) is 19.8 Å². The van der Waals surface area contributed by atoms with Crippen LogP contribution in [0.5, 0.6) is 0 Å². The van der Waals surface area contributed by atoms with Gasteiger partial charge in [-0.2, -0.15) is 0 Å². The van der Waals surface area contributed by atoms with Gasteiger partial charge in [0, 0.05) is 48.2 Å². The number of H-pyrrole nitrogens is 1. The van der Waals surface area contributed by atoms with E-state index in [0.29, 0.717) is 35.9 Å². The molecule has 2 aliphatic heterocycles. The molecule has 3 aromatic rings. The number of aromatic nitrogens is 2. The number of carbonyl (C=O) groups excluding carboxylic acids is 2. The molecule has 1 amide bonds. The summed E-state index contributed by atoms with van der Waals surface area (Å²) in [7, 11) is 2.13. The summed E-state index contributed by atoms with van der Waals surface area (Å²) in [6.07, 6.45) is 5.88. The summed E-state index contributed by atoms with van der Waals surface area (Å²) in [4.78, 5) is 32.4. The zero-order valence-corrected chi connectivity index (χ0v) is 23.0. The molecule has 2 aromatic heterocycles. The van der Waals surface area contributed by atoms with Crippen molar-refractivity contribution >= 4 is 51.8 Å². The molecule has 10 heteroatoms. The van der Waals surface area contributed by atoms with Crippen LogP contribution in [0.1, 0.15) is 27.7 Å². The van der Waals surface area contributed by atoms with Crippen LogP contribution in [0.4, 0.5) is 5.69 Å². The zero-order valence-electron chi connectivity index (χ0n) is 22.3. The van der Waals surface area contributed by atoms with Crippen molar-refractivity contribution in [2.24, 2.45) is 0 Å². The van der Waals surface area contributed by atoms with Crippen LogP contribution in [0, 0.1) is 0 Å². The van der Waals surface area contributed by atoms with Crippen LogP contribution in [0.15, 0.2) is 30.6 Å². The third-order valence-electron chi connectivity index (χ3n) is 6.13. The van der Waals surface area contributed by atoms with Crippen molar-refractivity contribution < 1.29 is 19.1 Å². The van der Waals surface area contributed by atoms with Gasteiger partial charge in [0.05, 0.1) is 53.9 Å². The second-order valence-electron chi connectivity index (χ2n) is 10.2. The highest BCUT2D eigenvalue weighted by atomic mass is 35.5. The zero-order chi connectivity index (χ0) is 27.0. The summed E-state index contributed by atoms with van der Waals surface area (Å²) in [6, 6.07) is 5.49. The van der Waals surface area contributed by atoms with Crippen LogP contribution in [0.3, 0.4) is 0 Å². The molecule has 0 spiro atoms. The number of carbonyl (C=O) groups is 2. The Hall–Kier alpha value is -2.56. The van der Waals surface area contributed by atoms with E-state index in [1.54, 1.807) is 18.5 Å². The molecule has 0 aliphatic carbocycles. The van der Waals surface area contributed by atoms with E-state index in [4.69, 9.17) is 21.1 Å². The standard InChI is InChI=1S/C12H8ClN3O.C8H15NO2.C7H15NO/c13-7-3-9-8-1-2-14-5-11(8)16-12(9)10(4-7)15-6-17;1-8(2)7-9(3-5-10)4-6-11-8;1-6-4-8(3)5-7(2)9-6/h1-6,16H,(H,15,17);5H,3-4,6-7H2,1-2H3;6-7H,4-5H2,1-3H3. The Morgan fingerprint density at radius 3 is 2.57 bits per heavy atom. The van der Waals surface area contributed by atoms with Crippen molar-refractivity contribution in [2.45, 2.75) is 45.5 Å². The molecule has 2 saturated heterocycles. The van der Waals surface area contributed by atoms with E-state index in [9.17, 15) is 9.59 Å². The second-order valence-corrected chi connectivity index (χ2v) is 10.6. The maximum Gasteiger partial charge on any atom is 0.211 e. The molecule has 5 rings (SSSR count). The van der Waals surface area contributed by atoms with Gasteiger partial charge in [-0.05, 0) is 52.9 Å². The maximum atomic E-state index is 10.6. The van der Waals surface area contributed by atoms with E-state index in [1.165, 1.54) is 0 Å². The number of nitrogens with one attached hydrogen (secondary N) is 2. The molecule has 37 heavy (non-hydrogen) atoms. The molecule has 2 atom stereocenters. The molecule has 0 radical (unpaired) electrons. The van der Waals surface area contributed by atoms with Gasteiger partial charge >= 0.3 is 0 Å². The Kier molecular flexibility index (Phi) is 10.4. The highest BCUT2D eigenvalue weighted by Gasteiger charge is 2.26. The van der Waals surface area contributed by atoms with Gasteiger partial charge in [-0.15, -0.1) is 0 Å². The Morgan fingerprint density at radius 1 is 1.22 bits per heavy atom. The molecular weight excluding hydrogens is 494 g/mol. The largest absolute Gasteiger partial charge is 0.373 e. The number of nitrogens with zero attached hydrogens (tertiary/aromatic N) is 3. The third kappa shape index (κ3) is 8.48. The Bertz CT molecular complexity index is 1160. The second kappa shape index (κ2) is 13.3. The van der Waals surface area contributed by atoms with Gasteiger partial charge in [-0.25, -0.2) is 0 Å². The Morgan fingerprint density at radius 2 is 1.95 bits per heavy atom. The number of pyridine rings is 1. The van der Waals surface area contributed by atoms with Crippen molar-refractivity contribution in [1.29, 1.82) is 0 Å². The van der Waals surface area contributed by atoms with Gasteiger partial charge in [-0.3, -0.25) is 14.7 Å². The monoisotopic (exact) mass is 531 g/mol. The summed E-state index contributed by atoms with van der Waals surface area (Å²) in [5, 5.41) is 5.22. The van der Waals surface area contributed by atoms with Crippen LogP contribution in [-0.4, -0.2) is 96.7 Å². The number of benzene rings is 1. The Labute approximate surface area is 223 Å². The van der Waals surface area contributed by atoms with Crippen LogP contribution < -0.4 is 5.32 Å². The quantitative estimate of drug-likeness (QED) is 0.491. The molecule has 9 nitrogen and oxygen atoms in total. The minimum Gasteiger partial charge on any atom is -0.373 e. The van der Waals surface area contributed by atoms with Gasteiger partial charge in [0.1, 0.15) is 6.29 Å². The lowest BCUT2D eigenvalue weighted by atomic mass is 10.1. The summed E-state index contributed by atoms with van der Waals surface area (Å²) >= 11 is 6.03. The average molecular weight is 532 g/mol. The molecule has 2 fully saturated rings. The third-order valence-corrected chi connectivity index (χ3v) is 6.35.